The molecule has 3 aromatic rings. The number of hydrogen-bond donors (Lipinski definition) is 1. The molecule has 2 aliphatic heterocycles. The molecule has 1 amide bonds. The van der Waals surface area contributed by atoms with Gasteiger partial charge in [0.2, 0.25) is 5.91 Å². The number of amides is 1. The molecule has 7 heteroatoms. The molecular weight excluding hydrogens is 370 g/mol. The number of para-hydroxylation sites is 1. The van der Waals surface area contributed by atoms with E-state index in [4.69, 9.17) is 14.2 Å². The monoisotopic (exact) mass is 391 g/mol. The largest absolute Gasteiger partial charge is 0.488 e. The zero-order chi connectivity index (χ0) is 19.8. The molecule has 3 heterocycles. The Morgan fingerprint density at radius 3 is 2.83 bits per heavy atom. The summed E-state index contributed by atoms with van der Waals surface area (Å²) < 4.78 is 18.7. The van der Waals surface area contributed by atoms with Crippen molar-refractivity contribution in [2.24, 2.45) is 0 Å². The average molecular weight is 391 g/mol. The third-order valence-corrected chi connectivity index (χ3v) is 5.18. The Morgan fingerprint density at radius 2 is 1.93 bits per heavy atom. The molecule has 0 saturated heterocycles. The van der Waals surface area contributed by atoms with Crippen LogP contribution in [0.5, 0.6) is 17.2 Å². The van der Waals surface area contributed by atoms with Crippen molar-refractivity contribution in [3.63, 3.8) is 0 Å². The summed E-state index contributed by atoms with van der Waals surface area (Å²) in [5.41, 5.74) is 3.84. The summed E-state index contributed by atoms with van der Waals surface area (Å²) in [6, 6.07) is 13.4. The first-order chi connectivity index (χ1) is 14.2. The van der Waals surface area contributed by atoms with Crippen molar-refractivity contribution >= 4 is 5.91 Å². The van der Waals surface area contributed by atoms with Crippen molar-refractivity contribution < 1.29 is 19.0 Å². The number of nitrogens with one attached hydrogen (secondary N) is 1. The highest BCUT2D eigenvalue weighted by Crippen LogP contribution is 2.37. The smallest absolute Gasteiger partial charge is 0.242 e. The molecule has 0 radical (unpaired) electrons. The van der Waals surface area contributed by atoms with E-state index in [2.05, 4.69) is 10.4 Å². The number of benzene rings is 2. The fourth-order valence-electron chi connectivity index (χ4n) is 3.74. The lowest BCUT2D eigenvalue weighted by atomic mass is 10.0. The van der Waals surface area contributed by atoms with Gasteiger partial charge in [-0.05, 0) is 36.8 Å². The Balaban J connectivity index is 1.32. The van der Waals surface area contributed by atoms with Crippen LogP contribution >= 0.6 is 0 Å². The van der Waals surface area contributed by atoms with Crippen molar-refractivity contribution in [3.8, 4) is 28.5 Å². The van der Waals surface area contributed by atoms with E-state index < -0.39 is 0 Å². The molecule has 29 heavy (non-hydrogen) atoms. The van der Waals surface area contributed by atoms with E-state index in [0.29, 0.717) is 25.6 Å². The number of aromatic nitrogens is 2. The minimum absolute atomic E-state index is 0.109. The molecule has 0 fully saturated rings. The van der Waals surface area contributed by atoms with Crippen LogP contribution in [0.3, 0.4) is 0 Å². The van der Waals surface area contributed by atoms with Gasteiger partial charge in [0.15, 0.2) is 11.5 Å². The van der Waals surface area contributed by atoms with Gasteiger partial charge in [-0.25, -0.2) is 0 Å². The fraction of sp³-hybridized carbons (Fsp3) is 0.273. The van der Waals surface area contributed by atoms with Crippen LogP contribution in [0.15, 0.2) is 48.7 Å². The molecule has 1 atom stereocenters. The number of ether oxygens (including phenoxy) is 3. The first-order valence-corrected chi connectivity index (χ1v) is 9.65. The molecule has 148 valence electrons. The molecule has 5 rings (SSSR count). The van der Waals surface area contributed by atoms with Crippen LogP contribution in [0.25, 0.3) is 11.3 Å². The predicted molar refractivity (Wildman–Crippen MR) is 106 cm³/mol. The van der Waals surface area contributed by atoms with Crippen LogP contribution in [0.4, 0.5) is 0 Å². The van der Waals surface area contributed by atoms with Gasteiger partial charge in [0.05, 0.1) is 17.9 Å². The summed E-state index contributed by atoms with van der Waals surface area (Å²) >= 11 is 0. The maximum absolute atomic E-state index is 12.7. The van der Waals surface area contributed by atoms with Crippen molar-refractivity contribution in [3.05, 3.63) is 59.8 Å². The number of carbonyl (C=O) groups excluding carboxylic acids is 1. The predicted octanol–water partition coefficient (Wildman–Crippen LogP) is 3.09. The lowest BCUT2D eigenvalue weighted by molar-refractivity contribution is -0.122. The van der Waals surface area contributed by atoms with Crippen molar-refractivity contribution in [2.75, 3.05) is 13.2 Å². The second kappa shape index (κ2) is 7.16. The molecule has 2 aliphatic rings. The van der Waals surface area contributed by atoms with E-state index in [1.54, 1.807) is 10.9 Å². The van der Waals surface area contributed by atoms with E-state index in [-0.39, 0.29) is 18.5 Å². The van der Waals surface area contributed by atoms with Crippen molar-refractivity contribution in [2.45, 2.75) is 26.1 Å². The number of rotatable bonds is 4. The van der Waals surface area contributed by atoms with Gasteiger partial charge in [-0.15, -0.1) is 0 Å². The number of nitrogens with zero attached hydrogens (tertiary/aromatic N) is 2. The third kappa shape index (κ3) is 3.29. The Labute approximate surface area is 168 Å². The van der Waals surface area contributed by atoms with E-state index in [0.717, 1.165) is 33.9 Å². The van der Waals surface area contributed by atoms with Gasteiger partial charge in [-0.1, -0.05) is 18.2 Å². The van der Waals surface area contributed by atoms with Gasteiger partial charge in [-0.2, -0.15) is 5.10 Å². The van der Waals surface area contributed by atoms with Gasteiger partial charge in [-0.3, -0.25) is 9.48 Å². The second-order valence-corrected chi connectivity index (χ2v) is 7.15. The van der Waals surface area contributed by atoms with Gasteiger partial charge >= 0.3 is 0 Å². The van der Waals surface area contributed by atoms with Crippen LogP contribution in [-0.4, -0.2) is 28.9 Å². The van der Waals surface area contributed by atoms with Crippen LogP contribution in [0.1, 0.15) is 24.1 Å². The van der Waals surface area contributed by atoms with Crippen LogP contribution in [0, 0.1) is 0 Å². The number of carbonyl (C=O) groups is 1. The van der Waals surface area contributed by atoms with Crippen molar-refractivity contribution in [1.82, 2.24) is 15.1 Å². The molecule has 0 saturated carbocycles. The summed E-state index contributed by atoms with van der Waals surface area (Å²) in [5.74, 6) is 2.16. The second-order valence-electron chi connectivity index (χ2n) is 7.15. The van der Waals surface area contributed by atoms with Crippen LogP contribution < -0.4 is 19.5 Å². The highest BCUT2D eigenvalue weighted by Gasteiger charge is 2.23. The maximum Gasteiger partial charge on any atom is 0.242 e. The zero-order valence-corrected chi connectivity index (χ0v) is 16.1. The van der Waals surface area contributed by atoms with Gasteiger partial charge in [0.25, 0.3) is 0 Å². The molecular formula is C22H21N3O4. The highest BCUT2D eigenvalue weighted by atomic mass is 16.6. The molecule has 7 nitrogen and oxygen atoms in total. The Kier molecular flexibility index (Phi) is 4.35. The lowest BCUT2D eigenvalue weighted by Gasteiger charge is -2.21. The quantitative estimate of drug-likeness (QED) is 0.740. The summed E-state index contributed by atoms with van der Waals surface area (Å²) in [5, 5.41) is 7.46. The van der Waals surface area contributed by atoms with E-state index in [9.17, 15) is 4.79 Å². The zero-order valence-electron chi connectivity index (χ0n) is 16.1. The highest BCUT2D eigenvalue weighted by molar-refractivity contribution is 5.78. The molecule has 1 N–H and O–H groups in total. The maximum atomic E-state index is 12.7. The number of hydrogen-bond acceptors (Lipinski definition) is 5. The Bertz CT molecular complexity index is 1080. The minimum atomic E-state index is -0.166. The SMILES string of the molecule is C[C@@H](NC(=O)Cn1ncc2c1-c1ccccc1OC2)c1ccc2c(c1)OCCO2. The number of fused-ring (bicyclic) bond motifs is 4. The topological polar surface area (TPSA) is 74.6 Å². The third-order valence-electron chi connectivity index (χ3n) is 5.18. The fourth-order valence-corrected chi connectivity index (χ4v) is 3.74. The normalized spacial score (nSPS) is 14.9. The summed E-state index contributed by atoms with van der Waals surface area (Å²) in [6.07, 6.45) is 1.77. The Hall–Kier alpha value is -3.48. The van der Waals surface area contributed by atoms with E-state index in [1.807, 2.05) is 49.4 Å². The molecule has 2 aromatic carbocycles. The van der Waals surface area contributed by atoms with Crippen molar-refractivity contribution in [1.29, 1.82) is 0 Å². The summed E-state index contributed by atoms with van der Waals surface area (Å²) in [6.45, 7) is 3.64. The van der Waals surface area contributed by atoms with E-state index >= 15 is 0 Å². The minimum Gasteiger partial charge on any atom is -0.488 e. The van der Waals surface area contributed by atoms with E-state index in [1.165, 1.54) is 0 Å². The first-order valence-electron chi connectivity index (χ1n) is 9.65. The summed E-state index contributed by atoms with van der Waals surface area (Å²) in [7, 11) is 0. The van der Waals surface area contributed by atoms with Crippen LogP contribution in [0.2, 0.25) is 0 Å². The molecule has 0 aliphatic carbocycles. The standard InChI is InChI=1S/C22H21N3O4/c1-14(15-6-7-19-20(10-15)28-9-8-27-19)24-21(26)12-25-22-16(11-23-25)13-29-18-5-3-2-4-17(18)22/h2-7,10-11,14H,8-9,12-13H2,1H3,(H,24,26)/t14-/m1/s1. The van der Waals surface area contributed by atoms with Gasteiger partial charge in [0.1, 0.15) is 32.1 Å². The summed E-state index contributed by atoms with van der Waals surface area (Å²) in [4.78, 5) is 12.7. The molecule has 0 unspecified atom stereocenters. The first kappa shape index (κ1) is 17.6. The van der Waals surface area contributed by atoms with Gasteiger partial charge < -0.3 is 19.5 Å². The molecule has 1 aromatic heterocycles. The van der Waals surface area contributed by atoms with Crippen LogP contribution in [-0.2, 0) is 17.9 Å². The average Bonchev–Trinajstić information content (AvgIpc) is 3.16. The molecule has 0 bridgehead atoms. The van der Waals surface area contributed by atoms with Gasteiger partial charge in [0, 0.05) is 11.1 Å². The Morgan fingerprint density at radius 1 is 1.10 bits per heavy atom. The molecule has 0 spiro atoms. The lowest BCUT2D eigenvalue weighted by Crippen LogP contribution is -2.31.